The van der Waals surface area contributed by atoms with Gasteiger partial charge in [0.1, 0.15) is 5.69 Å². The molecular weight excluding hydrogens is 274 g/mol. The summed E-state index contributed by atoms with van der Waals surface area (Å²) in [5.41, 5.74) is 6.36. The number of imidazole rings is 1. The monoisotopic (exact) mass is 281 g/mol. The summed E-state index contributed by atoms with van der Waals surface area (Å²) >= 11 is 3.10. The van der Waals surface area contributed by atoms with Gasteiger partial charge in [0, 0.05) is 6.20 Å². The summed E-state index contributed by atoms with van der Waals surface area (Å²) in [4.78, 5) is 22.2. The standard InChI is InChI=1S/C9H8BrN5O/c10-9-14-6(7(11)15-9)8(16)13-5-2-1-3-12-4-5/h1-4H,11H2,(H,13,16)(H,14,15). The van der Waals surface area contributed by atoms with E-state index in [9.17, 15) is 4.79 Å². The Bertz CT molecular complexity index is 510. The Balaban J connectivity index is 2.18. The number of rotatable bonds is 2. The molecule has 0 radical (unpaired) electrons. The van der Waals surface area contributed by atoms with Crippen molar-refractivity contribution in [2.24, 2.45) is 0 Å². The molecule has 0 aliphatic heterocycles. The fraction of sp³-hybridized carbons (Fsp3) is 0. The zero-order chi connectivity index (χ0) is 11.5. The van der Waals surface area contributed by atoms with E-state index in [1.54, 1.807) is 24.5 Å². The van der Waals surface area contributed by atoms with Crippen LogP contribution in [0.3, 0.4) is 0 Å². The Morgan fingerprint density at radius 3 is 2.94 bits per heavy atom. The molecule has 82 valence electrons. The summed E-state index contributed by atoms with van der Waals surface area (Å²) in [6.07, 6.45) is 3.16. The van der Waals surface area contributed by atoms with E-state index < -0.39 is 0 Å². The molecule has 2 heterocycles. The quantitative estimate of drug-likeness (QED) is 0.775. The zero-order valence-corrected chi connectivity index (χ0v) is 9.65. The highest BCUT2D eigenvalue weighted by Gasteiger charge is 2.14. The van der Waals surface area contributed by atoms with Gasteiger partial charge >= 0.3 is 0 Å². The number of aromatic amines is 1. The van der Waals surface area contributed by atoms with E-state index in [0.29, 0.717) is 10.4 Å². The highest BCUT2D eigenvalue weighted by molar-refractivity contribution is 9.10. The van der Waals surface area contributed by atoms with Crippen LogP contribution in [0.2, 0.25) is 0 Å². The fourth-order valence-electron chi connectivity index (χ4n) is 1.16. The molecule has 6 nitrogen and oxygen atoms in total. The van der Waals surface area contributed by atoms with Crippen LogP contribution in [0.25, 0.3) is 0 Å². The maximum atomic E-state index is 11.7. The van der Waals surface area contributed by atoms with Crippen molar-refractivity contribution in [3.63, 3.8) is 0 Å². The molecular formula is C9H8BrN5O. The zero-order valence-electron chi connectivity index (χ0n) is 8.07. The van der Waals surface area contributed by atoms with E-state index >= 15 is 0 Å². The minimum Gasteiger partial charge on any atom is -0.382 e. The number of nitrogens with one attached hydrogen (secondary N) is 2. The maximum Gasteiger partial charge on any atom is 0.276 e. The van der Waals surface area contributed by atoms with Crippen LogP contribution in [0, 0.1) is 0 Å². The molecule has 7 heteroatoms. The van der Waals surface area contributed by atoms with Gasteiger partial charge in [0.15, 0.2) is 10.6 Å². The van der Waals surface area contributed by atoms with Crippen LogP contribution in [0.15, 0.2) is 29.3 Å². The summed E-state index contributed by atoms with van der Waals surface area (Å²) in [7, 11) is 0. The van der Waals surface area contributed by atoms with Crippen LogP contribution in [0.5, 0.6) is 0 Å². The molecule has 0 unspecified atom stereocenters. The van der Waals surface area contributed by atoms with Crippen molar-refractivity contribution in [2.75, 3.05) is 11.1 Å². The topological polar surface area (TPSA) is 96.7 Å². The second-order valence-corrected chi connectivity index (χ2v) is 3.73. The number of aromatic nitrogens is 3. The Morgan fingerprint density at radius 2 is 2.38 bits per heavy atom. The van der Waals surface area contributed by atoms with Gasteiger partial charge in [0.2, 0.25) is 0 Å². The Labute approximate surface area is 99.4 Å². The van der Waals surface area contributed by atoms with E-state index in [1.165, 1.54) is 0 Å². The average Bonchev–Trinajstić information content (AvgIpc) is 2.59. The lowest BCUT2D eigenvalue weighted by Gasteiger charge is -2.02. The third kappa shape index (κ3) is 2.19. The first kappa shape index (κ1) is 10.6. The van der Waals surface area contributed by atoms with Crippen LogP contribution >= 0.6 is 15.9 Å². The van der Waals surface area contributed by atoms with Gasteiger partial charge in [-0.2, -0.15) is 0 Å². The van der Waals surface area contributed by atoms with Crippen molar-refractivity contribution in [1.29, 1.82) is 0 Å². The molecule has 0 fully saturated rings. The molecule has 2 aromatic heterocycles. The number of nitrogens with zero attached hydrogens (tertiary/aromatic N) is 2. The average molecular weight is 282 g/mol. The van der Waals surface area contributed by atoms with Gasteiger partial charge < -0.3 is 16.0 Å². The van der Waals surface area contributed by atoms with Crippen molar-refractivity contribution >= 4 is 33.3 Å². The van der Waals surface area contributed by atoms with Crippen LogP contribution in [-0.4, -0.2) is 20.9 Å². The highest BCUT2D eigenvalue weighted by atomic mass is 79.9. The maximum absolute atomic E-state index is 11.7. The Kier molecular flexibility index (Phi) is 2.86. The predicted octanol–water partition coefficient (Wildman–Crippen LogP) is 1.40. The van der Waals surface area contributed by atoms with E-state index in [0.717, 1.165) is 0 Å². The number of halogens is 1. The van der Waals surface area contributed by atoms with Crippen molar-refractivity contribution in [2.45, 2.75) is 0 Å². The van der Waals surface area contributed by atoms with Crippen LogP contribution in [-0.2, 0) is 0 Å². The van der Waals surface area contributed by atoms with E-state index in [4.69, 9.17) is 5.73 Å². The molecule has 0 aliphatic carbocycles. The lowest BCUT2D eigenvalue weighted by molar-refractivity contribution is 0.102. The summed E-state index contributed by atoms with van der Waals surface area (Å²) in [6, 6.07) is 3.45. The summed E-state index contributed by atoms with van der Waals surface area (Å²) in [5.74, 6) is -0.211. The van der Waals surface area contributed by atoms with E-state index in [2.05, 4.69) is 36.2 Å². The molecule has 0 aliphatic rings. The SMILES string of the molecule is Nc1nc(Br)[nH]c1C(=O)Nc1cccnc1. The number of carbonyl (C=O) groups is 1. The van der Waals surface area contributed by atoms with Crippen molar-refractivity contribution in [3.05, 3.63) is 35.0 Å². The number of nitrogens with two attached hydrogens (primary N) is 1. The number of hydrogen-bond donors (Lipinski definition) is 3. The summed E-state index contributed by atoms with van der Waals surface area (Å²) in [6.45, 7) is 0. The van der Waals surface area contributed by atoms with Gasteiger partial charge in [-0.1, -0.05) is 0 Å². The number of anilines is 2. The lowest BCUT2D eigenvalue weighted by Crippen LogP contribution is -2.14. The number of hydrogen-bond acceptors (Lipinski definition) is 4. The molecule has 0 spiro atoms. The van der Waals surface area contributed by atoms with Gasteiger partial charge in [0.05, 0.1) is 11.9 Å². The Hall–Kier alpha value is -1.89. The largest absolute Gasteiger partial charge is 0.382 e. The fourth-order valence-corrected chi connectivity index (χ4v) is 1.55. The van der Waals surface area contributed by atoms with Gasteiger partial charge in [0.25, 0.3) is 5.91 Å². The molecule has 0 aromatic carbocycles. The molecule has 0 bridgehead atoms. The normalized spacial score (nSPS) is 10.1. The molecule has 0 atom stereocenters. The smallest absolute Gasteiger partial charge is 0.276 e. The molecule has 2 aromatic rings. The molecule has 0 saturated carbocycles. The first-order valence-corrected chi connectivity index (χ1v) is 5.18. The molecule has 4 N–H and O–H groups in total. The number of amides is 1. The predicted molar refractivity (Wildman–Crippen MR) is 62.9 cm³/mol. The highest BCUT2D eigenvalue weighted by Crippen LogP contribution is 2.14. The van der Waals surface area contributed by atoms with Crippen LogP contribution in [0.4, 0.5) is 11.5 Å². The van der Waals surface area contributed by atoms with Crippen LogP contribution in [0.1, 0.15) is 10.5 Å². The van der Waals surface area contributed by atoms with Crippen LogP contribution < -0.4 is 11.1 Å². The number of carbonyl (C=O) groups excluding carboxylic acids is 1. The molecule has 2 rings (SSSR count). The van der Waals surface area contributed by atoms with Gasteiger partial charge in [-0.3, -0.25) is 9.78 Å². The first-order chi connectivity index (χ1) is 7.66. The molecule has 16 heavy (non-hydrogen) atoms. The van der Waals surface area contributed by atoms with Crippen molar-refractivity contribution in [3.8, 4) is 0 Å². The van der Waals surface area contributed by atoms with E-state index in [1.807, 2.05) is 0 Å². The minimum absolute atomic E-state index is 0.147. The Morgan fingerprint density at radius 1 is 1.56 bits per heavy atom. The van der Waals surface area contributed by atoms with Crippen molar-refractivity contribution in [1.82, 2.24) is 15.0 Å². The van der Waals surface area contributed by atoms with Gasteiger partial charge in [-0.05, 0) is 28.1 Å². The first-order valence-electron chi connectivity index (χ1n) is 4.39. The number of nitrogen functional groups attached to an aromatic ring is 1. The second-order valence-electron chi connectivity index (χ2n) is 2.98. The molecule has 0 saturated heterocycles. The number of H-pyrrole nitrogens is 1. The minimum atomic E-state index is -0.358. The second kappa shape index (κ2) is 4.31. The van der Waals surface area contributed by atoms with E-state index in [-0.39, 0.29) is 17.4 Å². The number of pyridine rings is 1. The summed E-state index contributed by atoms with van der Waals surface area (Å²) in [5, 5.41) is 2.64. The third-order valence-electron chi connectivity index (χ3n) is 1.85. The van der Waals surface area contributed by atoms with Gasteiger partial charge in [-0.15, -0.1) is 0 Å². The van der Waals surface area contributed by atoms with Gasteiger partial charge in [-0.25, -0.2) is 4.98 Å². The van der Waals surface area contributed by atoms with Crippen molar-refractivity contribution < 1.29 is 4.79 Å². The molecule has 1 amide bonds. The lowest BCUT2D eigenvalue weighted by atomic mass is 10.3. The summed E-state index contributed by atoms with van der Waals surface area (Å²) < 4.78 is 0.418. The third-order valence-corrected chi connectivity index (χ3v) is 2.22.